The maximum atomic E-state index is 13.1. The van der Waals surface area contributed by atoms with Crippen LogP contribution in [-0.2, 0) is 27.8 Å². The number of hydrogen-bond donors (Lipinski definition) is 1. The van der Waals surface area contributed by atoms with Crippen LogP contribution in [0.5, 0.6) is 0 Å². The standard InChI is InChI=1S/C20H21N3O3S2/c1-3-28(25,26)23-12-15-7-5-4-6-14(15)10-18(23)20(24)22-16-8-9-17-19(11-16)27-13(2)21-17/h4-9,11,18H,3,10,12H2,1-2H3,(H,22,24)/t18-/m0/s1. The summed E-state index contributed by atoms with van der Waals surface area (Å²) in [5, 5.41) is 3.86. The molecule has 146 valence electrons. The van der Waals surface area contributed by atoms with E-state index in [1.54, 1.807) is 24.3 Å². The summed E-state index contributed by atoms with van der Waals surface area (Å²) >= 11 is 1.56. The number of rotatable bonds is 4. The molecule has 2 aromatic carbocycles. The molecule has 0 aliphatic carbocycles. The summed E-state index contributed by atoms with van der Waals surface area (Å²) in [6.07, 6.45) is 0.364. The highest BCUT2D eigenvalue weighted by Gasteiger charge is 2.37. The highest BCUT2D eigenvalue weighted by atomic mass is 32.2. The number of anilines is 1. The molecule has 1 amide bonds. The third kappa shape index (κ3) is 3.55. The van der Waals surface area contributed by atoms with E-state index in [1.807, 2.05) is 43.3 Å². The normalized spacial score (nSPS) is 17.4. The Balaban J connectivity index is 1.64. The summed E-state index contributed by atoms with van der Waals surface area (Å²) in [6, 6.07) is 12.5. The highest BCUT2D eigenvalue weighted by Crippen LogP contribution is 2.28. The lowest BCUT2D eigenvalue weighted by molar-refractivity contribution is -0.120. The molecule has 0 saturated heterocycles. The molecule has 1 aliphatic heterocycles. The van der Waals surface area contributed by atoms with Crippen molar-refractivity contribution >= 4 is 43.2 Å². The molecule has 0 bridgehead atoms. The molecule has 1 aromatic heterocycles. The van der Waals surface area contributed by atoms with Crippen LogP contribution in [-0.4, -0.2) is 35.4 Å². The second kappa shape index (κ2) is 7.27. The van der Waals surface area contributed by atoms with E-state index < -0.39 is 16.1 Å². The van der Waals surface area contributed by atoms with E-state index in [4.69, 9.17) is 0 Å². The lowest BCUT2D eigenvalue weighted by Crippen LogP contribution is -2.51. The summed E-state index contributed by atoms with van der Waals surface area (Å²) < 4.78 is 27.6. The Labute approximate surface area is 168 Å². The number of sulfonamides is 1. The molecular formula is C20H21N3O3S2. The first-order valence-corrected chi connectivity index (χ1v) is 11.5. The first-order chi connectivity index (χ1) is 13.4. The number of nitrogens with zero attached hydrogens (tertiary/aromatic N) is 2. The summed E-state index contributed by atoms with van der Waals surface area (Å²) in [4.78, 5) is 17.5. The van der Waals surface area contributed by atoms with Crippen molar-refractivity contribution in [3.63, 3.8) is 0 Å². The lowest BCUT2D eigenvalue weighted by Gasteiger charge is -2.34. The van der Waals surface area contributed by atoms with Crippen LogP contribution < -0.4 is 5.32 Å². The van der Waals surface area contributed by atoms with Crippen LogP contribution in [0.3, 0.4) is 0 Å². The Morgan fingerprint density at radius 1 is 1.25 bits per heavy atom. The van der Waals surface area contributed by atoms with E-state index >= 15 is 0 Å². The van der Waals surface area contributed by atoms with Gasteiger partial charge in [-0.05, 0) is 49.6 Å². The lowest BCUT2D eigenvalue weighted by atomic mass is 9.95. The number of carbonyl (C=O) groups excluding carboxylic acids is 1. The number of amides is 1. The maximum absolute atomic E-state index is 13.1. The largest absolute Gasteiger partial charge is 0.325 e. The molecule has 8 heteroatoms. The van der Waals surface area contributed by atoms with Crippen molar-refractivity contribution in [2.24, 2.45) is 0 Å². The molecule has 6 nitrogen and oxygen atoms in total. The topological polar surface area (TPSA) is 79.4 Å². The van der Waals surface area contributed by atoms with Gasteiger partial charge in [-0.3, -0.25) is 4.79 Å². The van der Waals surface area contributed by atoms with Gasteiger partial charge in [0.1, 0.15) is 6.04 Å². The Morgan fingerprint density at radius 2 is 2.00 bits per heavy atom. The molecule has 28 heavy (non-hydrogen) atoms. The van der Waals surface area contributed by atoms with Gasteiger partial charge >= 0.3 is 0 Å². The number of carbonyl (C=O) groups is 1. The van der Waals surface area contributed by atoms with E-state index in [2.05, 4.69) is 10.3 Å². The molecule has 4 rings (SSSR count). The minimum Gasteiger partial charge on any atom is -0.325 e. The molecule has 1 N–H and O–H groups in total. The van der Waals surface area contributed by atoms with Crippen LogP contribution in [0.4, 0.5) is 5.69 Å². The van der Waals surface area contributed by atoms with Gasteiger partial charge in [-0.1, -0.05) is 24.3 Å². The van der Waals surface area contributed by atoms with Crippen molar-refractivity contribution < 1.29 is 13.2 Å². The fourth-order valence-electron chi connectivity index (χ4n) is 3.52. The van der Waals surface area contributed by atoms with Crippen molar-refractivity contribution in [3.05, 3.63) is 58.6 Å². The third-order valence-electron chi connectivity index (χ3n) is 4.99. The Kier molecular flexibility index (Phi) is 4.95. The van der Waals surface area contributed by atoms with Crippen molar-refractivity contribution in [1.29, 1.82) is 0 Å². The van der Waals surface area contributed by atoms with E-state index in [0.717, 1.165) is 26.4 Å². The van der Waals surface area contributed by atoms with Crippen molar-refractivity contribution in [2.45, 2.75) is 32.9 Å². The van der Waals surface area contributed by atoms with Crippen LogP contribution >= 0.6 is 11.3 Å². The summed E-state index contributed by atoms with van der Waals surface area (Å²) in [7, 11) is -3.52. The van der Waals surface area contributed by atoms with Gasteiger partial charge in [0.05, 0.1) is 21.0 Å². The molecule has 0 unspecified atom stereocenters. The number of nitrogens with one attached hydrogen (secondary N) is 1. The molecule has 2 heterocycles. The number of thiazole rings is 1. The second-order valence-electron chi connectivity index (χ2n) is 6.84. The van der Waals surface area contributed by atoms with Crippen LogP contribution in [0.2, 0.25) is 0 Å². The molecule has 0 saturated carbocycles. The van der Waals surface area contributed by atoms with Gasteiger partial charge in [-0.2, -0.15) is 4.31 Å². The van der Waals surface area contributed by atoms with E-state index in [1.165, 1.54) is 4.31 Å². The predicted octanol–water partition coefficient (Wildman–Crippen LogP) is 3.32. The van der Waals surface area contributed by atoms with Crippen molar-refractivity contribution in [2.75, 3.05) is 11.1 Å². The summed E-state index contributed by atoms with van der Waals surface area (Å²) in [6.45, 7) is 3.76. The SMILES string of the molecule is CCS(=O)(=O)N1Cc2ccccc2C[C@H]1C(=O)Nc1ccc2nc(C)sc2c1. The number of hydrogen-bond acceptors (Lipinski definition) is 5. The van der Waals surface area contributed by atoms with Gasteiger partial charge in [-0.25, -0.2) is 13.4 Å². The molecule has 1 aliphatic rings. The average molecular weight is 416 g/mol. The zero-order valence-electron chi connectivity index (χ0n) is 15.7. The van der Waals surface area contributed by atoms with Gasteiger partial charge in [-0.15, -0.1) is 11.3 Å². The van der Waals surface area contributed by atoms with Gasteiger partial charge in [0.25, 0.3) is 0 Å². The molecule has 3 aromatic rings. The number of fused-ring (bicyclic) bond motifs is 2. The molecule has 1 atom stereocenters. The maximum Gasteiger partial charge on any atom is 0.243 e. The number of aryl methyl sites for hydroxylation is 1. The fourth-order valence-corrected chi connectivity index (χ4v) is 5.62. The van der Waals surface area contributed by atoms with Gasteiger partial charge < -0.3 is 5.32 Å². The Hall–Kier alpha value is -2.29. The fraction of sp³-hybridized carbons (Fsp3) is 0.300. The minimum absolute atomic E-state index is 0.0367. The minimum atomic E-state index is -3.52. The van der Waals surface area contributed by atoms with Gasteiger partial charge in [0.15, 0.2) is 0 Å². The summed E-state index contributed by atoms with van der Waals surface area (Å²) in [5.41, 5.74) is 3.50. The van der Waals surface area contributed by atoms with Gasteiger partial charge in [0.2, 0.25) is 15.9 Å². The average Bonchev–Trinajstić information content (AvgIpc) is 3.06. The molecule has 0 radical (unpaired) electrons. The Morgan fingerprint density at radius 3 is 2.75 bits per heavy atom. The van der Waals surface area contributed by atoms with E-state index in [0.29, 0.717) is 12.1 Å². The third-order valence-corrected chi connectivity index (χ3v) is 7.75. The van der Waals surface area contributed by atoms with Gasteiger partial charge in [0, 0.05) is 12.2 Å². The second-order valence-corrected chi connectivity index (χ2v) is 10.3. The zero-order valence-corrected chi connectivity index (χ0v) is 17.3. The number of benzene rings is 2. The van der Waals surface area contributed by atoms with E-state index in [-0.39, 0.29) is 18.2 Å². The van der Waals surface area contributed by atoms with Crippen LogP contribution in [0.25, 0.3) is 10.2 Å². The van der Waals surface area contributed by atoms with Crippen molar-refractivity contribution in [1.82, 2.24) is 9.29 Å². The predicted molar refractivity (Wildman–Crippen MR) is 112 cm³/mol. The molecule has 0 spiro atoms. The Bertz CT molecular complexity index is 1150. The zero-order chi connectivity index (χ0) is 19.9. The first kappa shape index (κ1) is 19.0. The molecule has 0 fully saturated rings. The van der Waals surface area contributed by atoms with Crippen LogP contribution in [0, 0.1) is 6.92 Å². The summed E-state index contributed by atoms with van der Waals surface area (Å²) in [5.74, 6) is -0.350. The monoisotopic (exact) mass is 415 g/mol. The van der Waals surface area contributed by atoms with Crippen molar-refractivity contribution in [3.8, 4) is 0 Å². The van der Waals surface area contributed by atoms with Crippen LogP contribution in [0.15, 0.2) is 42.5 Å². The van der Waals surface area contributed by atoms with E-state index in [9.17, 15) is 13.2 Å². The first-order valence-electron chi connectivity index (χ1n) is 9.12. The molecular weight excluding hydrogens is 394 g/mol. The smallest absolute Gasteiger partial charge is 0.243 e. The quantitative estimate of drug-likeness (QED) is 0.709. The highest BCUT2D eigenvalue weighted by molar-refractivity contribution is 7.89. The number of aromatic nitrogens is 1. The van der Waals surface area contributed by atoms with Crippen LogP contribution in [0.1, 0.15) is 23.1 Å².